The maximum Gasteiger partial charge on any atom is 0.451 e. The minimum Gasteiger partial charge on any atom is -0.427 e. The number of nitrogens with two attached hydrogens (primary N) is 4. The first kappa shape index (κ1) is 63.6. The third kappa shape index (κ3) is 31.4. The number of rotatable bonds is 22. The zero-order chi connectivity index (χ0) is 50.6. The van der Waals surface area contributed by atoms with Gasteiger partial charge in [-0.15, -0.1) is 0 Å². The fourth-order valence-corrected chi connectivity index (χ4v) is 9.04. The van der Waals surface area contributed by atoms with E-state index in [1.165, 1.54) is 68.1 Å². The van der Waals surface area contributed by atoms with Crippen LogP contribution in [0.25, 0.3) is 0 Å². The van der Waals surface area contributed by atoms with Crippen LogP contribution in [-0.4, -0.2) is 94.9 Å². The van der Waals surface area contributed by atoms with Gasteiger partial charge in [0.25, 0.3) is 0 Å². The first-order chi connectivity index (χ1) is 32.0. The highest BCUT2D eigenvalue weighted by Crippen LogP contribution is 2.39. The summed E-state index contributed by atoms with van der Waals surface area (Å²) in [7, 11) is -2.34. The van der Waals surface area contributed by atoms with E-state index in [4.69, 9.17) is 83.4 Å². The molecular weight excluding hydrogens is 876 g/mol. The summed E-state index contributed by atoms with van der Waals surface area (Å²) in [6.45, 7) is 9.50. The Hall–Kier alpha value is -3.36. The summed E-state index contributed by atoms with van der Waals surface area (Å²) >= 11 is 6.21. The summed E-state index contributed by atoms with van der Waals surface area (Å²) in [4.78, 5) is 51.2. The lowest BCUT2D eigenvalue weighted by Gasteiger charge is -2.39. The molecule has 0 spiro atoms. The number of nitrogens with zero attached hydrogens (tertiary/aromatic N) is 1. The molecule has 3 aliphatic rings. The lowest BCUT2D eigenvalue weighted by Crippen LogP contribution is -2.45. The van der Waals surface area contributed by atoms with E-state index < -0.39 is 14.2 Å². The van der Waals surface area contributed by atoms with E-state index in [9.17, 15) is 0 Å². The van der Waals surface area contributed by atoms with Gasteiger partial charge in [-0.05, 0) is 157 Å². The molecule has 3 unspecified atom stereocenters. The Morgan fingerprint density at radius 1 is 0.657 bits per heavy atom. The Bertz CT molecular complexity index is 1620. The molecule has 3 fully saturated rings. The fourth-order valence-electron chi connectivity index (χ4n) is 8.84. The van der Waals surface area contributed by atoms with Crippen molar-refractivity contribution >= 4 is 44.3 Å². The van der Waals surface area contributed by atoms with Crippen LogP contribution in [0.2, 0.25) is 17.7 Å². The van der Waals surface area contributed by atoms with Gasteiger partial charge in [0.1, 0.15) is 0 Å². The number of aryl methyl sites for hydroxylation is 3. The molecule has 0 aromatic heterocycles. The van der Waals surface area contributed by atoms with Gasteiger partial charge in [0.2, 0.25) is 0 Å². The van der Waals surface area contributed by atoms with Crippen molar-refractivity contribution in [2.24, 2.45) is 46.6 Å². The summed E-state index contributed by atoms with van der Waals surface area (Å²) in [5.74, 6) is 2.84. The van der Waals surface area contributed by atoms with Gasteiger partial charge in [-0.25, -0.2) is 0 Å². The van der Waals surface area contributed by atoms with Gasteiger partial charge in [0.15, 0.2) is 0 Å². The zero-order valence-electron chi connectivity index (χ0n) is 40.5. The molecule has 18 heteroatoms. The van der Waals surface area contributed by atoms with Crippen LogP contribution < -0.4 is 22.9 Å². The van der Waals surface area contributed by atoms with Gasteiger partial charge < -0.3 is 43.0 Å². The standard InChI is InChI=1S/C18H30BClN2O2.C18H30BNO2.C10H22N2.3CO2/c1-14-5-6-15(12-17(14)20)13-22-10-7-16(8-11-22)18(21)4-2-3-9-19(23)24;1-14-5-7-15(8-6-14)9-10-16-12-17(13-16)18(20)4-2-3-11-19(21)22;1-2-3-4-5-10(12)8-6-9(11)7-8;3*2-1-3/h5-6,12,16,18,23-24H,2-4,7-11,13,21H2,1H3;5-8,16-18,21-22H,2-4,9-13,20H2,1H3;8-10H,2-7,11-12H2,1H3;;;. The number of piperidine rings is 1. The molecule has 1 aliphatic heterocycles. The molecule has 12 N–H and O–H groups in total. The Kier molecular flexibility index (Phi) is 37.5. The largest absolute Gasteiger partial charge is 0.451 e. The van der Waals surface area contributed by atoms with E-state index in [0.29, 0.717) is 42.6 Å². The number of hydrogen-bond acceptors (Lipinski definition) is 15. The topological polar surface area (TPSA) is 291 Å². The third-order valence-electron chi connectivity index (χ3n) is 13.2. The van der Waals surface area contributed by atoms with Crippen molar-refractivity contribution in [1.82, 2.24) is 4.90 Å². The van der Waals surface area contributed by atoms with Gasteiger partial charge in [-0.3, -0.25) is 4.90 Å². The minimum atomic E-state index is -1.18. The second kappa shape index (κ2) is 39.5. The van der Waals surface area contributed by atoms with Crippen molar-refractivity contribution in [3.63, 3.8) is 0 Å². The number of benzene rings is 2. The minimum absolute atomic E-state index is 0.233. The highest BCUT2D eigenvalue weighted by Gasteiger charge is 2.33. The van der Waals surface area contributed by atoms with Crippen molar-refractivity contribution in [3.05, 3.63) is 69.7 Å². The fraction of sp³-hybridized carbons (Fsp3) is 0.694. The van der Waals surface area contributed by atoms with Gasteiger partial charge in [0, 0.05) is 35.7 Å². The molecule has 2 saturated carbocycles. The lowest BCUT2D eigenvalue weighted by atomic mass is 9.68. The molecule has 5 rings (SSSR count). The molecular formula is C49H82B2ClN5O10. The molecule has 3 atom stereocenters. The Morgan fingerprint density at radius 3 is 1.52 bits per heavy atom. The molecule has 2 aromatic carbocycles. The van der Waals surface area contributed by atoms with Crippen LogP contribution in [0.4, 0.5) is 0 Å². The average molecular weight is 958 g/mol. The number of hydrogen-bond donors (Lipinski definition) is 8. The number of halogens is 1. The highest BCUT2D eigenvalue weighted by atomic mass is 35.5. The van der Waals surface area contributed by atoms with E-state index in [2.05, 4.69) is 61.2 Å². The first-order valence-electron chi connectivity index (χ1n) is 24.2. The van der Waals surface area contributed by atoms with Gasteiger partial charge in [-0.1, -0.05) is 105 Å². The van der Waals surface area contributed by atoms with Crippen LogP contribution >= 0.6 is 11.6 Å². The van der Waals surface area contributed by atoms with Gasteiger partial charge in [-0.2, -0.15) is 28.8 Å². The molecule has 15 nitrogen and oxygen atoms in total. The van der Waals surface area contributed by atoms with E-state index >= 15 is 0 Å². The third-order valence-corrected chi connectivity index (χ3v) is 13.6. The van der Waals surface area contributed by atoms with Gasteiger partial charge in [0.05, 0.1) is 0 Å². The summed E-state index contributed by atoms with van der Waals surface area (Å²) < 4.78 is 0. The molecule has 2 aliphatic carbocycles. The molecule has 0 bridgehead atoms. The van der Waals surface area contributed by atoms with Crippen molar-refractivity contribution < 1.29 is 48.9 Å². The van der Waals surface area contributed by atoms with Gasteiger partial charge >= 0.3 is 32.7 Å². The molecule has 67 heavy (non-hydrogen) atoms. The number of likely N-dealkylation sites (tertiary alicyclic amines) is 1. The van der Waals surface area contributed by atoms with E-state index in [1.807, 2.05) is 6.92 Å². The number of unbranched alkanes of at least 4 members (excludes halogenated alkanes) is 4. The summed E-state index contributed by atoms with van der Waals surface area (Å²) in [6.07, 6.45) is 22.0. The summed E-state index contributed by atoms with van der Waals surface area (Å²) in [5, 5.41) is 36.2. The molecule has 0 radical (unpaired) electrons. The van der Waals surface area contributed by atoms with Crippen LogP contribution in [0.3, 0.4) is 0 Å². The predicted octanol–water partition coefficient (Wildman–Crippen LogP) is 5.64. The van der Waals surface area contributed by atoms with Crippen LogP contribution in [-0.2, 0) is 41.7 Å². The van der Waals surface area contributed by atoms with Crippen LogP contribution in [0, 0.1) is 37.5 Å². The molecule has 1 heterocycles. The maximum atomic E-state index is 8.86. The van der Waals surface area contributed by atoms with Crippen molar-refractivity contribution in [2.75, 3.05) is 13.1 Å². The first-order valence-corrected chi connectivity index (χ1v) is 24.6. The maximum absolute atomic E-state index is 8.86. The Labute approximate surface area is 405 Å². The molecule has 2 aromatic rings. The quantitative estimate of drug-likeness (QED) is 0.0524. The molecule has 1 saturated heterocycles. The van der Waals surface area contributed by atoms with Crippen molar-refractivity contribution in [2.45, 2.75) is 180 Å². The second-order valence-electron chi connectivity index (χ2n) is 18.6. The predicted molar refractivity (Wildman–Crippen MR) is 261 cm³/mol. The Balaban J connectivity index is 0.000000927. The lowest BCUT2D eigenvalue weighted by molar-refractivity contribution is -0.193. The highest BCUT2D eigenvalue weighted by molar-refractivity contribution is 6.41. The Morgan fingerprint density at radius 2 is 1.09 bits per heavy atom. The smallest absolute Gasteiger partial charge is 0.427 e. The monoisotopic (exact) mass is 958 g/mol. The van der Waals surface area contributed by atoms with Crippen molar-refractivity contribution in [3.8, 4) is 0 Å². The zero-order valence-corrected chi connectivity index (χ0v) is 41.2. The van der Waals surface area contributed by atoms with Crippen molar-refractivity contribution in [1.29, 1.82) is 0 Å². The molecule has 376 valence electrons. The summed E-state index contributed by atoms with van der Waals surface area (Å²) in [6, 6.07) is 16.6. The number of carbonyl (C=O) groups excluding carboxylic acids is 6. The van der Waals surface area contributed by atoms with Crippen LogP contribution in [0.15, 0.2) is 42.5 Å². The van der Waals surface area contributed by atoms with Crippen LogP contribution in [0.5, 0.6) is 0 Å². The van der Waals surface area contributed by atoms with Crippen LogP contribution in [0.1, 0.15) is 138 Å². The van der Waals surface area contributed by atoms with E-state index in [0.717, 1.165) is 106 Å². The van der Waals surface area contributed by atoms with E-state index in [-0.39, 0.29) is 24.5 Å². The second-order valence-corrected chi connectivity index (χ2v) is 19.0. The van der Waals surface area contributed by atoms with E-state index in [1.54, 1.807) is 0 Å². The SMILES string of the molecule is CCCCCC(N)C1CC(N)C1.Cc1ccc(CCC2CC(C(N)CCCCB(O)O)C2)cc1.Cc1ccc(CN2CCC(C(N)CCCCB(O)O)CC2)cc1Cl.O=C=O.O=C=O.O=C=O. The summed E-state index contributed by atoms with van der Waals surface area (Å²) in [5.41, 5.74) is 29.5. The average Bonchev–Trinajstić information content (AvgIpc) is 3.25. The normalized spacial score (nSPS) is 19.6. The molecule has 0 amide bonds.